The molecule has 0 aromatic heterocycles. The Kier molecular flexibility index (Phi) is 16.3. The number of ketones is 1. The predicted octanol–water partition coefficient (Wildman–Crippen LogP) is 4.86. The summed E-state index contributed by atoms with van der Waals surface area (Å²) in [5.74, 6) is -2.85. The fourth-order valence-corrected chi connectivity index (χ4v) is 5.74. The molecule has 51 heavy (non-hydrogen) atoms. The van der Waals surface area contributed by atoms with Crippen LogP contribution in [0.1, 0.15) is 112 Å². The maximum Gasteiger partial charge on any atom is 0.312 e. The van der Waals surface area contributed by atoms with Crippen molar-refractivity contribution in [1.29, 1.82) is 0 Å². The van der Waals surface area contributed by atoms with Crippen LogP contribution in [0.2, 0.25) is 0 Å². The second kappa shape index (κ2) is 19.4. The zero-order valence-corrected chi connectivity index (χ0v) is 31.7. The summed E-state index contributed by atoms with van der Waals surface area (Å²) in [4.78, 5) is 89.6. The summed E-state index contributed by atoms with van der Waals surface area (Å²) >= 11 is 0. The first-order valence-corrected chi connectivity index (χ1v) is 18.0. The summed E-state index contributed by atoms with van der Waals surface area (Å²) in [5.41, 5.74) is 5.51. The Morgan fingerprint density at radius 2 is 1.59 bits per heavy atom. The zero-order chi connectivity index (χ0) is 38.5. The Hall–Kier alpha value is -4.29. The van der Waals surface area contributed by atoms with E-state index >= 15 is 0 Å². The molecular weight excluding hydrogens is 654 g/mol. The normalized spacial score (nSPS) is 16.1. The molecule has 1 aliphatic rings. The lowest BCUT2D eigenvalue weighted by molar-refractivity contribution is -0.154. The summed E-state index contributed by atoms with van der Waals surface area (Å²) in [5, 5.41) is 8.20. The van der Waals surface area contributed by atoms with E-state index in [4.69, 9.17) is 10.5 Å². The van der Waals surface area contributed by atoms with Crippen LogP contribution in [0.25, 0.3) is 0 Å². The number of nitrogens with zero attached hydrogens (tertiary/aromatic N) is 1. The van der Waals surface area contributed by atoms with Gasteiger partial charge in [-0.3, -0.25) is 33.7 Å². The molecule has 0 bridgehead atoms. The fraction of sp³-hybridized carbons (Fsp3) is 0.658. The number of likely N-dealkylation sites (tertiary alicyclic amines) is 1. The average molecular weight is 714 g/mol. The number of benzene rings is 1. The number of urea groups is 1. The number of rotatable bonds is 19. The number of imide groups is 1. The minimum atomic E-state index is -0.805. The standard InChI is InChI=1S/C38H59N5O8/c1-24(2)32(42-30(45)14-10-9-11-20-43-31(46)22-28(34(43)48)37(3,4)5)29(44)21-26(13-12-19-40-36(39)50)33(47)41-27-17-15-25(16-18-27)23-51-35(49)38(6,7)8/h15-18,24,26,28,32H,9-14,19-23H2,1-8H3,(H,41,47)(H,42,45)(H3,39,40,50)/t26-,28?,32+/m1/s1. The van der Waals surface area contributed by atoms with Gasteiger partial charge in [-0.1, -0.05) is 53.2 Å². The van der Waals surface area contributed by atoms with E-state index in [0.717, 1.165) is 5.56 Å². The van der Waals surface area contributed by atoms with Crippen molar-refractivity contribution in [3.05, 3.63) is 29.8 Å². The van der Waals surface area contributed by atoms with Crippen molar-refractivity contribution < 1.29 is 38.3 Å². The number of hydrogen-bond donors (Lipinski definition) is 4. The molecule has 1 saturated heterocycles. The summed E-state index contributed by atoms with van der Waals surface area (Å²) in [6.45, 7) is 15.5. The van der Waals surface area contributed by atoms with E-state index in [0.29, 0.717) is 37.9 Å². The highest BCUT2D eigenvalue weighted by atomic mass is 16.5. The summed E-state index contributed by atoms with van der Waals surface area (Å²) in [7, 11) is 0. The third kappa shape index (κ3) is 14.5. The minimum Gasteiger partial charge on any atom is -0.460 e. The lowest BCUT2D eigenvalue weighted by Crippen LogP contribution is -2.45. The van der Waals surface area contributed by atoms with Gasteiger partial charge >= 0.3 is 12.0 Å². The number of nitrogens with two attached hydrogens (primary N) is 1. The topological polar surface area (TPSA) is 194 Å². The van der Waals surface area contributed by atoms with Crippen LogP contribution >= 0.6 is 0 Å². The Morgan fingerprint density at radius 3 is 2.14 bits per heavy atom. The molecular formula is C38H59N5O8. The van der Waals surface area contributed by atoms with Crippen LogP contribution < -0.4 is 21.7 Å². The Bertz CT molecular complexity index is 1390. The van der Waals surface area contributed by atoms with Crippen molar-refractivity contribution in [1.82, 2.24) is 15.5 Å². The molecule has 3 atom stereocenters. The molecule has 2 rings (SSSR count). The van der Waals surface area contributed by atoms with Crippen LogP contribution in [0.3, 0.4) is 0 Å². The molecule has 0 saturated carbocycles. The lowest BCUT2D eigenvalue weighted by atomic mass is 9.80. The predicted molar refractivity (Wildman–Crippen MR) is 194 cm³/mol. The molecule has 0 aliphatic carbocycles. The van der Waals surface area contributed by atoms with Crippen LogP contribution in [0, 0.1) is 28.6 Å². The first kappa shape index (κ1) is 42.9. The zero-order valence-electron chi connectivity index (χ0n) is 31.7. The van der Waals surface area contributed by atoms with Crippen molar-refractivity contribution in [3.8, 4) is 0 Å². The van der Waals surface area contributed by atoms with E-state index < -0.39 is 23.4 Å². The summed E-state index contributed by atoms with van der Waals surface area (Å²) < 4.78 is 5.35. The molecule has 0 spiro atoms. The number of primary amides is 1. The monoisotopic (exact) mass is 713 g/mol. The summed E-state index contributed by atoms with van der Waals surface area (Å²) in [6.07, 6.45) is 2.72. The fourth-order valence-electron chi connectivity index (χ4n) is 5.74. The van der Waals surface area contributed by atoms with Crippen molar-refractivity contribution in [2.75, 3.05) is 18.4 Å². The minimum absolute atomic E-state index is 0.0926. The third-order valence-electron chi connectivity index (χ3n) is 8.96. The molecule has 1 fully saturated rings. The van der Waals surface area contributed by atoms with Crippen molar-refractivity contribution in [3.63, 3.8) is 0 Å². The first-order valence-electron chi connectivity index (χ1n) is 18.0. The van der Waals surface area contributed by atoms with E-state index in [2.05, 4.69) is 16.0 Å². The molecule has 1 aromatic rings. The number of ether oxygens (including phenoxy) is 1. The van der Waals surface area contributed by atoms with Gasteiger partial charge in [0.2, 0.25) is 23.6 Å². The summed E-state index contributed by atoms with van der Waals surface area (Å²) in [6, 6.07) is 5.36. The number of esters is 1. The molecule has 1 unspecified atom stereocenters. The van der Waals surface area contributed by atoms with E-state index in [1.807, 2.05) is 34.6 Å². The van der Waals surface area contributed by atoms with Crippen LogP contribution in [0.4, 0.5) is 10.5 Å². The van der Waals surface area contributed by atoms with E-state index in [1.54, 1.807) is 45.0 Å². The molecule has 1 heterocycles. The van der Waals surface area contributed by atoms with Crippen LogP contribution in [-0.2, 0) is 40.1 Å². The number of amides is 6. The molecule has 1 aromatic carbocycles. The van der Waals surface area contributed by atoms with Crippen LogP contribution in [-0.4, -0.2) is 65.4 Å². The van der Waals surface area contributed by atoms with Gasteiger partial charge in [-0.2, -0.15) is 0 Å². The maximum atomic E-state index is 13.6. The molecule has 13 nitrogen and oxygen atoms in total. The molecule has 6 amide bonds. The number of Topliss-reactive ketones (excluding diaryl/α,β-unsaturated/α-hetero) is 1. The lowest BCUT2D eigenvalue weighted by Gasteiger charge is -2.25. The second-order valence-corrected chi connectivity index (χ2v) is 15.9. The number of unbranched alkanes of at least 4 members (excludes halogenated alkanes) is 2. The quantitative estimate of drug-likeness (QED) is 0.0887. The Morgan fingerprint density at radius 1 is 0.941 bits per heavy atom. The van der Waals surface area contributed by atoms with Crippen LogP contribution in [0.15, 0.2) is 24.3 Å². The van der Waals surface area contributed by atoms with Crippen LogP contribution in [0.5, 0.6) is 0 Å². The molecule has 284 valence electrons. The van der Waals surface area contributed by atoms with Gasteiger partial charge in [0.15, 0.2) is 5.78 Å². The number of nitrogens with one attached hydrogen (secondary N) is 3. The first-order chi connectivity index (χ1) is 23.7. The maximum absolute atomic E-state index is 13.6. The molecule has 5 N–H and O–H groups in total. The van der Waals surface area contributed by atoms with E-state index in [-0.39, 0.29) is 91.5 Å². The highest BCUT2D eigenvalue weighted by molar-refractivity contribution is 6.04. The van der Waals surface area contributed by atoms with Crippen molar-refractivity contribution >= 4 is 47.1 Å². The smallest absolute Gasteiger partial charge is 0.312 e. The van der Waals surface area contributed by atoms with Crippen molar-refractivity contribution in [2.45, 2.75) is 119 Å². The SMILES string of the molecule is CC(C)[C@H](NC(=O)CCCCCN1C(=O)CC(C(C)(C)C)C1=O)C(=O)C[C@@H](CCCNC(N)=O)C(=O)Nc1ccc(COC(=O)C(C)(C)C)cc1. The van der Waals surface area contributed by atoms with Gasteiger partial charge < -0.3 is 26.4 Å². The van der Waals surface area contributed by atoms with Gasteiger partial charge in [-0.25, -0.2) is 4.79 Å². The highest BCUT2D eigenvalue weighted by Crippen LogP contribution is 2.35. The number of carbonyl (C=O) groups is 7. The van der Waals surface area contributed by atoms with Gasteiger partial charge in [0.1, 0.15) is 6.61 Å². The molecule has 1 aliphatic heterocycles. The third-order valence-corrected chi connectivity index (χ3v) is 8.96. The Labute approximate surface area is 302 Å². The average Bonchev–Trinajstić information content (AvgIpc) is 3.32. The molecule has 0 radical (unpaired) electrons. The number of anilines is 1. The Balaban J connectivity index is 1.95. The van der Waals surface area contributed by atoms with E-state index in [9.17, 15) is 33.6 Å². The highest BCUT2D eigenvalue weighted by Gasteiger charge is 2.44. The van der Waals surface area contributed by atoms with Gasteiger partial charge in [-0.15, -0.1) is 0 Å². The van der Waals surface area contributed by atoms with Gasteiger partial charge in [0, 0.05) is 44.0 Å². The van der Waals surface area contributed by atoms with E-state index in [1.165, 1.54) is 4.90 Å². The van der Waals surface area contributed by atoms with Gasteiger partial charge in [0.05, 0.1) is 17.4 Å². The number of hydrogen-bond acceptors (Lipinski definition) is 8. The van der Waals surface area contributed by atoms with Gasteiger partial charge in [-0.05, 0) is 75.5 Å². The van der Waals surface area contributed by atoms with Crippen molar-refractivity contribution in [2.24, 2.45) is 34.3 Å². The number of carbonyl (C=O) groups excluding carboxylic acids is 7. The second-order valence-electron chi connectivity index (χ2n) is 15.9. The molecule has 13 heteroatoms. The van der Waals surface area contributed by atoms with Gasteiger partial charge in [0.25, 0.3) is 0 Å². The largest absolute Gasteiger partial charge is 0.460 e.